The van der Waals surface area contributed by atoms with E-state index in [2.05, 4.69) is 15.3 Å². The predicted octanol–water partition coefficient (Wildman–Crippen LogP) is 0.979. The van der Waals surface area contributed by atoms with Crippen LogP contribution in [-0.2, 0) is 20.8 Å². The van der Waals surface area contributed by atoms with Crippen LogP contribution in [0.25, 0.3) is 0 Å². The molecule has 0 atom stereocenters. The molecule has 0 aliphatic carbocycles. The SMILES string of the molecule is CC(=O)Nc1nc(C)c(CCC(=O)N2CC(=O)N(C)c3ccccc32)c(=O)[nH]1. The molecular formula is C19H21N5O4. The minimum absolute atomic E-state index is 0.0403. The van der Waals surface area contributed by atoms with Crippen molar-refractivity contribution in [2.75, 3.05) is 28.7 Å². The van der Waals surface area contributed by atoms with Crippen molar-refractivity contribution in [2.45, 2.75) is 26.7 Å². The molecule has 1 aromatic heterocycles. The van der Waals surface area contributed by atoms with Gasteiger partial charge in [-0.2, -0.15) is 0 Å². The molecule has 0 unspecified atom stereocenters. The second kappa shape index (κ2) is 7.63. The Morgan fingerprint density at radius 2 is 1.89 bits per heavy atom. The number of carbonyl (C=O) groups is 3. The number of benzene rings is 1. The van der Waals surface area contributed by atoms with Gasteiger partial charge in [0, 0.05) is 31.6 Å². The highest BCUT2D eigenvalue weighted by molar-refractivity contribution is 6.10. The van der Waals surface area contributed by atoms with Crippen LogP contribution in [0.3, 0.4) is 0 Å². The highest BCUT2D eigenvalue weighted by Crippen LogP contribution is 2.32. The van der Waals surface area contributed by atoms with Gasteiger partial charge < -0.3 is 9.80 Å². The van der Waals surface area contributed by atoms with Gasteiger partial charge in [0.25, 0.3) is 5.56 Å². The first-order valence-corrected chi connectivity index (χ1v) is 8.81. The summed E-state index contributed by atoms with van der Waals surface area (Å²) in [4.78, 5) is 58.0. The number of likely N-dealkylation sites (N-methyl/N-ethyl adjacent to an activating group) is 1. The van der Waals surface area contributed by atoms with Crippen molar-refractivity contribution >= 4 is 35.0 Å². The predicted molar refractivity (Wildman–Crippen MR) is 104 cm³/mol. The minimum Gasteiger partial charge on any atom is -0.312 e. The molecule has 1 aromatic carbocycles. The lowest BCUT2D eigenvalue weighted by atomic mass is 10.1. The molecule has 2 heterocycles. The Kier molecular flexibility index (Phi) is 5.25. The van der Waals surface area contributed by atoms with Crippen molar-refractivity contribution in [3.8, 4) is 0 Å². The van der Waals surface area contributed by atoms with E-state index in [4.69, 9.17) is 0 Å². The third-order valence-electron chi connectivity index (χ3n) is 4.61. The van der Waals surface area contributed by atoms with E-state index in [1.54, 1.807) is 26.1 Å². The zero-order valence-corrected chi connectivity index (χ0v) is 15.9. The van der Waals surface area contributed by atoms with Gasteiger partial charge in [0.15, 0.2) is 0 Å². The highest BCUT2D eigenvalue weighted by atomic mass is 16.2. The second-order valence-electron chi connectivity index (χ2n) is 6.58. The maximum Gasteiger partial charge on any atom is 0.255 e. The van der Waals surface area contributed by atoms with E-state index in [-0.39, 0.29) is 43.1 Å². The summed E-state index contributed by atoms with van der Waals surface area (Å²) in [7, 11) is 1.67. The first-order valence-electron chi connectivity index (χ1n) is 8.81. The Morgan fingerprint density at radius 1 is 1.21 bits per heavy atom. The molecule has 9 nitrogen and oxygen atoms in total. The van der Waals surface area contributed by atoms with E-state index in [9.17, 15) is 19.2 Å². The number of hydrogen-bond donors (Lipinski definition) is 2. The Labute approximate surface area is 161 Å². The van der Waals surface area contributed by atoms with Crippen LogP contribution in [0.2, 0.25) is 0 Å². The fourth-order valence-corrected chi connectivity index (χ4v) is 3.16. The molecule has 2 N–H and O–H groups in total. The molecule has 28 heavy (non-hydrogen) atoms. The number of rotatable bonds is 4. The van der Waals surface area contributed by atoms with Crippen molar-refractivity contribution in [3.63, 3.8) is 0 Å². The first-order chi connectivity index (χ1) is 13.3. The van der Waals surface area contributed by atoms with Gasteiger partial charge in [-0.05, 0) is 25.5 Å². The monoisotopic (exact) mass is 383 g/mol. The Morgan fingerprint density at radius 3 is 2.54 bits per heavy atom. The molecule has 1 aliphatic heterocycles. The van der Waals surface area contributed by atoms with Crippen LogP contribution in [0.1, 0.15) is 24.6 Å². The van der Waals surface area contributed by atoms with Crippen LogP contribution in [0.5, 0.6) is 0 Å². The number of nitrogens with zero attached hydrogens (tertiary/aromatic N) is 3. The number of para-hydroxylation sites is 2. The zero-order chi connectivity index (χ0) is 20.4. The lowest BCUT2D eigenvalue weighted by Crippen LogP contribution is -2.46. The number of amides is 3. The molecule has 0 radical (unpaired) electrons. The fourth-order valence-electron chi connectivity index (χ4n) is 3.16. The number of carbonyl (C=O) groups excluding carboxylic acids is 3. The summed E-state index contributed by atoms with van der Waals surface area (Å²) in [6, 6.07) is 7.19. The Balaban J connectivity index is 1.78. The lowest BCUT2D eigenvalue weighted by molar-refractivity contribution is -0.122. The molecule has 0 bridgehead atoms. The number of anilines is 3. The maximum absolute atomic E-state index is 12.8. The topological polar surface area (TPSA) is 115 Å². The maximum atomic E-state index is 12.8. The van der Waals surface area contributed by atoms with Crippen LogP contribution in [0.4, 0.5) is 17.3 Å². The van der Waals surface area contributed by atoms with Gasteiger partial charge in [0.05, 0.1) is 11.4 Å². The largest absolute Gasteiger partial charge is 0.312 e. The molecule has 1 aliphatic rings. The average molecular weight is 383 g/mol. The van der Waals surface area contributed by atoms with E-state index in [1.807, 2.05) is 12.1 Å². The van der Waals surface area contributed by atoms with E-state index >= 15 is 0 Å². The summed E-state index contributed by atoms with van der Waals surface area (Å²) in [5, 5.41) is 2.43. The number of aryl methyl sites for hydroxylation is 1. The molecule has 0 saturated carbocycles. The molecule has 9 heteroatoms. The number of H-pyrrole nitrogens is 1. The van der Waals surface area contributed by atoms with E-state index in [1.165, 1.54) is 16.7 Å². The van der Waals surface area contributed by atoms with Gasteiger partial charge in [0.1, 0.15) is 6.54 Å². The van der Waals surface area contributed by atoms with Gasteiger partial charge in [-0.3, -0.25) is 29.5 Å². The molecule has 3 amide bonds. The quantitative estimate of drug-likeness (QED) is 0.817. The van der Waals surface area contributed by atoms with E-state index < -0.39 is 5.56 Å². The van der Waals surface area contributed by atoms with Crippen molar-refractivity contribution in [2.24, 2.45) is 0 Å². The van der Waals surface area contributed by atoms with Crippen LogP contribution >= 0.6 is 0 Å². The summed E-state index contributed by atoms with van der Waals surface area (Å²) < 4.78 is 0. The first kappa shape index (κ1) is 19.3. The third kappa shape index (κ3) is 3.78. The summed E-state index contributed by atoms with van der Waals surface area (Å²) in [6.45, 7) is 2.92. The summed E-state index contributed by atoms with van der Waals surface area (Å²) >= 11 is 0. The lowest BCUT2D eigenvalue weighted by Gasteiger charge is -2.34. The molecule has 2 aromatic rings. The summed E-state index contributed by atoms with van der Waals surface area (Å²) in [6.07, 6.45) is 0.229. The second-order valence-corrected chi connectivity index (χ2v) is 6.58. The number of hydrogen-bond acceptors (Lipinski definition) is 5. The fraction of sp³-hybridized carbons (Fsp3) is 0.316. The average Bonchev–Trinajstić information content (AvgIpc) is 2.63. The van der Waals surface area contributed by atoms with Crippen molar-refractivity contribution in [3.05, 3.63) is 45.9 Å². The highest BCUT2D eigenvalue weighted by Gasteiger charge is 2.30. The van der Waals surface area contributed by atoms with Crippen molar-refractivity contribution in [1.82, 2.24) is 9.97 Å². The van der Waals surface area contributed by atoms with Crippen molar-refractivity contribution < 1.29 is 14.4 Å². The normalized spacial score (nSPS) is 13.3. The van der Waals surface area contributed by atoms with E-state index in [0.29, 0.717) is 22.6 Å². The van der Waals surface area contributed by atoms with Gasteiger partial charge >= 0.3 is 0 Å². The van der Waals surface area contributed by atoms with Gasteiger partial charge in [-0.25, -0.2) is 4.98 Å². The van der Waals surface area contributed by atoms with Crippen LogP contribution in [0, 0.1) is 6.92 Å². The van der Waals surface area contributed by atoms with Crippen LogP contribution < -0.4 is 20.7 Å². The van der Waals surface area contributed by atoms with Gasteiger partial charge in [-0.15, -0.1) is 0 Å². The van der Waals surface area contributed by atoms with E-state index in [0.717, 1.165) is 0 Å². The van der Waals surface area contributed by atoms with Crippen LogP contribution in [-0.4, -0.2) is 41.3 Å². The molecule has 3 rings (SSSR count). The molecular weight excluding hydrogens is 362 g/mol. The third-order valence-corrected chi connectivity index (χ3v) is 4.61. The van der Waals surface area contributed by atoms with Crippen molar-refractivity contribution in [1.29, 1.82) is 0 Å². The van der Waals surface area contributed by atoms with Crippen LogP contribution in [0.15, 0.2) is 29.1 Å². The Bertz CT molecular complexity index is 1010. The smallest absolute Gasteiger partial charge is 0.255 e. The van der Waals surface area contributed by atoms with Gasteiger partial charge in [-0.1, -0.05) is 12.1 Å². The van der Waals surface area contributed by atoms with Gasteiger partial charge in [0.2, 0.25) is 23.7 Å². The number of fused-ring (bicyclic) bond motifs is 1. The molecule has 0 fully saturated rings. The molecule has 0 spiro atoms. The number of aromatic nitrogens is 2. The molecule has 0 saturated heterocycles. The Hall–Kier alpha value is -3.49. The zero-order valence-electron chi connectivity index (χ0n) is 15.9. The standard InChI is InChI=1S/C19H21N5O4/c1-11-13(18(28)22-19(20-11)21-12(2)25)8-9-16(26)24-10-17(27)23(3)14-6-4-5-7-15(14)24/h4-7H,8-10H2,1-3H3,(H2,20,21,22,25,28). The minimum atomic E-state index is -0.404. The molecule has 146 valence electrons. The number of nitrogens with one attached hydrogen (secondary N) is 2. The number of aromatic amines is 1. The summed E-state index contributed by atoms with van der Waals surface area (Å²) in [5.74, 6) is -0.700. The summed E-state index contributed by atoms with van der Waals surface area (Å²) in [5.41, 5.74) is 1.74.